The highest BCUT2D eigenvalue weighted by Crippen LogP contribution is 2.35. The molecule has 1 aromatic rings. The highest BCUT2D eigenvalue weighted by atomic mass is 32.2. The van der Waals surface area contributed by atoms with Gasteiger partial charge < -0.3 is 5.32 Å². The van der Waals surface area contributed by atoms with Gasteiger partial charge in [0.15, 0.2) is 0 Å². The zero-order valence-corrected chi connectivity index (χ0v) is 12.7. The predicted molar refractivity (Wildman–Crippen MR) is 80.3 cm³/mol. The molecule has 2 aliphatic carbocycles. The summed E-state index contributed by atoms with van der Waals surface area (Å²) in [6, 6.07) is 7.35. The van der Waals surface area contributed by atoms with E-state index < -0.39 is 10.0 Å². The molecule has 0 amide bonds. The maximum atomic E-state index is 12.4. The van der Waals surface area contributed by atoms with Crippen molar-refractivity contribution in [2.75, 3.05) is 5.32 Å². The van der Waals surface area contributed by atoms with Crippen molar-refractivity contribution < 1.29 is 8.42 Å². The van der Waals surface area contributed by atoms with Crippen LogP contribution in [0.5, 0.6) is 0 Å². The third-order valence-corrected chi connectivity index (χ3v) is 5.80. The third kappa shape index (κ3) is 2.99. The van der Waals surface area contributed by atoms with Crippen LogP contribution < -0.4 is 10.0 Å². The summed E-state index contributed by atoms with van der Waals surface area (Å²) < 4.78 is 27.6. The molecule has 2 aliphatic rings. The Morgan fingerprint density at radius 2 is 1.80 bits per heavy atom. The number of hydrogen-bond donors (Lipinski definition) is 2. The normalized spacial score (nSPS) is 21.9. The molecule has 2 saturated carbocycles. The van der Waals surface area contributed by atoms with Gasteiger partial charge in [-0.15, -0.1) is 0 Å². The van der Waals surface area contributed by atoms with Gasteiger partial charge in [-0.2, -0.15) is 0 Å². The minimum absolute atomic E-state index is 0.0191. The maximum Gasteiger partial charge on any atom is 0.242 e. The Kier molecular flexibility index (Phi) is 3.50. The molecule has 0 atom stereocenters. The second kappa shape index (κ2) is 5.04. The Labute approximate surface area is 121 Å². The summed E-state index contributed by atoms with van der Waals surface area (Å²) in [5.74, 6) is 0. The second-order valence-electron chi connectivity index (χ2n) is 6.28. The van der Waals surface area contributed by atoms with E-state index in [1.54, 1.807) is 12.1 Å². The summed E-state index contributed by atoms with van der Waals surface area (Å²) in [6.45, 7) is 2.18. The summed E-state index contributed by atoms with van der Waals surface area (Å²) in [4.78, 5) is 0.375. The van der Waals surface area contributed by atoms with Crippen molar-refractivity contribution >= 4 is 15.7 Å². The zero-order valence-electron chi connectivity index (χ0n) is 11.9. The van der Waals surface area contributed by atoms with E-state index in [0.717, 1.165) is 31.4 Å². The molecule has 4 nitrogen and oxygen atoms in total. The summed E-state index contributed by atoms with van der Waals surface area (Å²) in [6.07, 6.45) is 6.51. The number of nitrogens with one attached hydrogen (secondary N) is 2. The van der Waals surface area contributed by atoms with Crippen molar-refractivity contribution in [3.63, 3.8) is 0 Å². The first-order chi connectivity index (χ1) is 9.49. The van der Waals surface area contributed by atoms with Crippen molar-refractivity contribution in [1.29, 1.82) is 0 Å². The molecule has 0 unspecified atom stereocenters. The van der Waals surface area contributed by atoms with Crippen LogP contribution in [0.2, 0.25) is 0 Å². The number of anilines is 1. The van der Waals surface area contributed by atoms with Gasteiger partial charge >= 0.3 is 0 Å². The zero-order chi connectivity index (χ0) is 14.2. The molecule has 0 heterocycles. The van der Waals surface area contributed by atoms with Crippen molar-refractivity contribution in [2.45, 2.75) is 61.9 Å². The van der Waals surface area contributed by atoms with Crippen LogP contribution in [0.15, 0.2) is 29.2 Å². The highest BCUT2D eigenvalue weighted by molar-refractivity contribution is 7.89. The standard InChI is InChI=1S/C15H22N2O2S/c1-15(10-4-5-11-15)16-13-6-2-3-7-14(13)20(18,19)17-12-8-9-12/h2-3,6-7,12,16-17H,4-5,8-11H2,1H3. The summed E-state index contributed by atoms with van der Waals surface area (Å²) >= 11 is 0. The Hall–Kier alpha value is -1.07. The van der Waals surface area contributed by atoms with E-state index in [-0.39, 0.29) is 11.6 Å². The first kappa shape index (κ1) is 13.9. The molecule has 20 heavy (non-hydrogen) atoms. The molecule has 2 fully saturated rings. The van der Waals surface area contributed by atoms with Crippen LogP contribution in [0.3, 0.4) is 0 Å². The van der Waals surface area contributed by atoms with Crippen LogP contribution in [0.25, 0.3) is 0 Å². The fourth-order valence-electron chi connectivity index (χ4n) is 2.89. The van der Waals surface area contributed by atoms with Crippen LogP contribution in [0, 0.1) is 0 Å². The van der Waals surface area contributed by atoms with Crippen molar-refractivity contribution in [3.8, 4) is 0 Å². The molecule has 0 aromatic heterocycles. The largest absolute Gasteiger partial charge is 0.379 e. The van der Waals surface area contributed by atoms with Crippen molar-refractivity contribution in [1.82, 2.24) is 4.72 Å². The average Bonchev–Trinajstić information content (AvgIpc) is 3.09. The third-order valence-electron chi connectivity index (χ3n) is 4.22. The van der Waals surface area contributed by atoms with E-state index in [2.05, 4.69) is 17.0 Å². The Morgan fingerprint density at radius 3 is 2.45 bits per heavy atom. The van der Waals surface area contributed by atoms with Gasteiger partial charge in [0.2, 0.25) is 10.0 Å². The van der Waals surface area contributed by atoms with Gasteiger partial charge in [-0.05, 0) is 44.7 Å². The first-order valence-electron chi connectivity index (χ1n) is 7.38. The predicted octanol–water partition coefficient (Wildman–Crippen LogP) is 2.87. The highest BCUT2D eigenvalue weighted by Gasteiger charge is 2.32. The minimum Gasteiger partial charge on any atom is -0.379 e. The van der Waals surface area contributed by atoms with Gasteiger partial charge in [-0.25, -0.2) is 13.1 Å². The molecular weight excluding hydrogens is 272 g/mol. The SMILES string of the molecule is CC1(Nc2ccccc2S(=O)(=O)NC2CC2)CCCC1. The van der Waals surface area contributed by atoms with Crippen molar-refractivity contribution in [3.05, 3.63) is 24.3 Å². The Morgan fingerprint density at radius 1 is 1.15 bits per heavy atom. The smallest absolute Gasteiger partial charge is 0.242 e. The molecule has 0 saturated heterocycles. The van der Waals surface area contributed by atoms with Gasteiger partial charge in [0.25, 0.3) is 0 Å². The van der Waals surface area contributed by atoms with E-state index in [1.165, 1.54) is 12.8 Å². The Bertz CT molecular complexity index is 588. The van der Waals surface area contributed by atoms with E-state index in [1.807, 2.05) is 12.1 Å². The molecule has 5 heteroatoms. The lowest BCUT2D eigenvalue weighted by molar-refractivity contribution is 0.531. The summed E-state index contributed by atoms with van der Waals surface area (Å²) in [5, 5.41) is 3.47. The second-order valence-corrected chi connectivity index (χ2v) is 7.97. The lowest BCUT2D eigenvalue weighted by Crippen LogP contribution is -2.33. The maximum absolute atomic E-state index is 12.4. The molecular formula is C15H22N2O2S. The molecule has 0 bridgehead atoms. The lowest BCUT2D eigenvalue weighted by atomic mass is 10.0. The molecule has 0 radical (unpaired) electrons. The topological polar surface area (TPSA) is 58.2 Å². The molecule has 3 rings (SSSR count). The van der Waals surface area contributed by atoms with Crippen LogP contribution in [-0.2, 0) is 10.0 Å². The molecule has 0 aliphatic heterocycles. The van der Waals surface area contributed by atoms with E-state index in [0.29, 0.717) is 4.90 Å². The van der Waals surface area contributed by atoms with Crippen molar-refractivity contribution in [2.24, 2.45) is 0 Å². The van der Waals surface area contributed by atoms with Gasteiger partial charge in [0, 0.05) is 11.6 Å². The number of sulfonamides is 1. The minimum atomic E-state index is -3.41. The fourth-order valence-corrected chi connectivity index (χ4v) is 4.36. The Balaban J connectivity index is 1.87. The van der Waals surface area contributed by atoms with Gasteiger partial charge in [-0.3, -0.25) is 0 Å². The number of rotatable bonds is 5. The lowest BCUT2D eigenvalue weighted by Gasteiger charge is -2.28. The van der Waals surface area contributed by atoms with E-state index in [9.17, 15) is 8.42 Å². The molecule has 110 valence electrons. The first-order valence-corrected chi connectivity index (χ1v) is 8.86. The van der Waals surface area contributed by atoms with Gasteiger partial charge in [-0.1, -0.05) is 25.0 Å². The number of para-hydroxylation sites is 1. The van der Waals surface area contributed by atoms with Gasteiger partial charge in [0.1, 0.15) is 4.90 Å². The van der Waals surface area contributed by atoms with Crippen LogP contribution in [-0.4, -0.2) is 20.0 Å². The number of hydrogen-bond acceptors (Lipinski definition) is 3. The molecule has 0 spiro atoms. The average molecular weight is 294 g/mol. The van der Waals surface area contributed by atoms with E-state index >= 15 is 0 Å². The monoisotopic (exact) mass is 294 g/mol. The molecule has 1 aromatic carbocycles. The summed E-state index contributed by atoms with van der Waals surface area (Å²) in [5.41, 5.74) is 0.746. The number of benzene rings is 1. The van der Waals surface area contributed by atoms with Crippen LogP contribution >= 0.6 is 0 Å². The van der Waals surface area contributed by atoms with Crippen LogP contribution in [0.1, 0.15) is 45.4 Å². The van der Waals surface area contributed by atoms with Crippen LogP contribution in [0.4, 0.5) is 5.69 Å². The quantitative estimate of drug-likeness (QED) is 0.878. The fraction of sp³-hybridized carbons (Fsp3) is 0.600. The summed E-state index contributed by atoms with van der Waals surface area (Å²) in [7, 11) is -3.41. The van der Waals surface area contributed by atoms with E-state index in [4.69, 9.17) is 0 Å². The van der Waals surface area contributed by atoms with Gasteiger partial charge in [0.05, 0.1) is 5.69 Å². The molecule has 2 N–H and O–H groups in total.